The summed E-state index contributed by atoms with van der Waals surface area (Å²) in [5.41, 5.74) is 0.876. The van der Waals surface area contributed by atoms with Gasteiger partial charge in [0.25, 0.3) is 0 Å². The molecule has 0 bridgehead atoms. The van der Waals surface area contributed by atoms with Crippen LogP contribution in [0.1, 0.15) is 31.7 Å². The summed E-state index contributed by atoms with van der Waals surface area (Å²) in [4.78, 5) is 11.7. The van der Waals surface area contributed by atoms with Gasteiger partial charge in [0, 0.05) is 25.8 Å². The number of carbonyl (C=O) groups excluding carboxylic acids is 1. The molecule has 1 amide bonds. The van der Waals surface area contributed by atoms with Crippen molar-refractivity contribution in [3.05, 3.63) is 29.8 Å². The standard InChI is InChI=1S/C18H27NO4/c1-4-5-12-23-13-6-11-19-18(20)10-8-15-7-9-16(21-2)17(14-15)22-3/h7-10,14H,4-6,11-13H2,1-3H3,(H,19,20)/b10-8+. The number of carbonyl (C=O) groups is 1. The Kier molecular flexibility index (Phi) is 9.55. The molecule has 128 valence electrons. The van der Waals surface area contributed by atoms with Crippen LogP contribution in [0.2, 0.25) is 0 Å². The number of benzene rings is 1. The number of amides is 1. The maximum absolute atomic E-state index is 11.7. The van der Waals surface area contributed by atoms with E-state index in [0.29, 0.717) is 24.7 Å². The SMILES string of the molecule is CCCCOCCCNC(=O)/C=C/c1ccc(OC)c(OC)c1. The van der Waals surface area contributed by atoms with Crippen LogP contribution in [0.15, 0.2) is 24.3 Å². The molecule has 1 aromatic rings. The summed E-state index contributed by atoms with van der Waals surface area (Å²) in [6.07, 6.45) is 6.30. The Labute approximate surface area is 138 Å². The van der Waals surface area contributed by atoms with Gasteiger partial charge in [0.15, 0.2) is 11.5 Å². The van der Waals surface area contributed by atoms with Crippen LogP contribution in [-0.2, 0) is 9.53 Å². The summed E-state index contributed by atoms with van der Waals surface area (Å²) in [5, 5.41) is 2.83. The van der Waals surface area contributed by atoms with Crippen molar-refractivity contribution < 1.29 is 19.0 Å². The van der Waals surface area contributed by atoms with Gasteiger partial charge in [-0.2, -0.15) is 0 Å². The fourth-order valence-corrected chi connectivity index (χ4v) is 1.92. The lowest BCUT2D eigenvalue weighted by Crippen LogP contribution is -2.23. The highest BCUT2D eigenvalue weighted by atomic mass is 16.5. The van der Waals surface area contributed by atoms with Crippen LogP contribution in [0, 0.1) is 0 Å². The van der Waals surface area contributed by atoms with Crippen LogP contribution in [0.5, 0.6) is 11.5 Å². The van der Waals surface area contributed by atoms with Crippen LogP contribution >= 0.6 is 0 Å². The third-order valence-electron chi connectivity index (χ3n) is 3.24. The summed E-state index contributed by atoms with van der Waals surface area (Å²) in [6.45, 7) is 4.22. The van der Waals surface area contributed by atoms with Crippen molar-refractivity contribution in [2.75, 3.05) is 34.0 Å². The smallest absolute Gasteiger partial charge is 0.244 e. The molecule has 0 heterocycles. The Morgan fingerprint density at radius 3 is 2.57 bits per heavy atom. The molecule has 23 heavy (non-hydrogen) atoms. The van der Waals surface area contributed by atoms with Crippen molar-refractivity contribution in [2.24, 2.45) is 0 Å². The molecule has 0 aliphatic heterocycles. The third kappa shape index (κ3) is 7.70. The molecular weight excluding hydrogens is 294 g/mol. The first-order chi connectivity index (χ1) is 11.2. The van der Waals surface area contributed by atoms with Crippen molar-refractivity contribution in [3.63, 3.8) is 0 Å². The fourth-order valence-electron chi connectivity index (χ4n) is 1.92. The van der Waals surface area contributed by atoms with Gasteiger partial charge in [0.1, 0.15) is 0 Å². The average molecular weight is 321 g/mol. The molecule has 0 saturated carbocycles. The average Bonchev–Trinajstić information content (AvgIpc) is 2.58. The second-order valence-electron chi connectivity index (χ2n) is 5.06. The molecule has 5 heteroatoms. The minimum absolute atomic E-state index is 0.117. The highest BCUT2D eigenvalue weighted by molar-refractivity contribution is 5.91. The number of hydrogen-bond donors (Lipinski definition) is 1. The highest BCUT2D eigenvalue weighted by Gasteiger charge is 2.03. The van der Waals surface area contributed by atoms with Crippen LogP contribution in [0.25, 0.3) is 6.08 Å². The molecule has 0 saturated heterocycles. The Morgan fingerprint density at radius 1 is 1.13 bits per heavy atom. The Hall–Kier alpha value is -2.01. The molecule has 0 radical (unpaired) electrons. The first kappa shape index (κ1) is 19.0. The minimum Gasteiger partial charge on any atom is -0.493 e. The number of nitrogens with one attached hydrogen (secondary N) is 1. The quantitative estimate of drug-likeness (QED) is 0.503. The molecule has 1 N–H and O–H groups in total. The van der Waals surface area contributed by atoms with Crippen molar-refractivity contribution in [1.29, 1.82) is 0 Å². The maximum atomic E-state index is 11.7. The predicted molar refractivity (Wildman–Crippen MR) is 91.9 cm³/mol. The summed E-state index contributed by atoms with van der Waals surface area (Å²) >= 11 is 0. The fraction of sp³-hybridized carbons (Fsp3) is 0.500. The van der Waals surface area contributed by atoms with E-state index in [1.165, 1.54) is 6.08 Å². The Morgan fingerprint density at radius 2 is 1.87 bits per heavy atom. The highest BCUT2D eigenvalue weighted by Crippen LogP contribution is 2.27. The summed E-state index contributed by atoms with van der Waals surface area (Å²) in [6, 6.07) is 5.50. The lowest BCUT2D eigenvalue weighted by Gasteiger charge is -2.07. The molecule has 0 aliphatic rings. The van der Waals surface area contributed by atoms with Crippen LogP contribution in [-0.4, -0.2) is 39.9 Å². The van der Waals surface area contributed by atoms with Crippen LogP contribution in [0.3, 0.4) is 0 Å². The van der Waals surface area contributed by atoms with Gasteiger partial charge in [-0.05, 0) is 36.6 Å². The van der Waals surface area contributed by atoms with Gasteiger partial charge in [-0.1, -0.05) is 19.4 Å². The minimum atomic E-state index is -0.117. The van der Waals surface area contributed by atoms with Crippen LogP contribution in [0.4, 0.5) is 0 Å². The topological polar surface area (TPSA) is 56.8 Å². The van der Waals surface area contributed by atoms with Gasteiger partial charge >= 0.3 is 0 Å². The second-order valence-corrected chi connectivity index (χ2v) is 5.06. The molecule has 1 aromatic carbocycles. The summed E-state index contributed by atoms with van der Waals surface area (Å²) in [5.74, 6) is 1.19. The van der Waals surface area contributed by atoms with E-state index >= 15 is 0 Å². The Bertz CT molecular complexity index is 500. The number of rotatable bonds is 11. The molecule has 0 atom stereocenters. The summed E-state index contributed by atoms with van der Waals surface area (Å²) < 4.78 is 15.8. The molecule has 5 nitrogen and oxygen atoms in total. The molecule has 1 rings (SSSR count). The monoisotopic (exact) mass is 321 g/mol. The molecule has 0 spiro atoms. The van der Waals surface area contributed by atoms with E-state index in [0.717, 1.165) is 31.4 Å². The number of unbranched alkanes of at least 4 members (excludes halogenated alkanes) is 1. The van der Waals surface area contributed by atoms with Crippen LogP contribution < -0.4 is 14.8 Å². The Balaban J connectivity index is 2.32. The zero-order chi connectivity index (χ0) is 16.9. The first-order valence-corrected chi connectivity index (χ1v) is 7.97. The molecular formula is C18H27NO4. The van der Waals surface area contributed by atoms with E-state index in [1.807, 2.05) is 18.2 Å². The number of ether oxygens (including phenoxy) is 3. The third-order valence-corrected chi connectivity index (χ3v) is 3.24. The van der Waals surface area contributed by atoms with Gasteiger partial charge in [0.05, 0.1) is 14.2 Å². The molecule has 0 aromatic heterocycles. The van der Waals surface area contributed by atoms with Crippen molar-refractivity contribution >= 4 is 12.0 Å². The molecule has 0 aliphatic carbocycles. The lowest BCUT2D eigenvalue weighted by molar-refractivity contribution is -0.116. The van der Waals surface area contributed by atoms with Gasteiger partial charge in [-0.3, -0.25) is 4.79 Å². The van der Waals surface area contributed by atoms with E-state index in [2.05, 4.69) is 12.2 Å². The van der Waals surface area contributed by atoms with Crippen molar-refractivity contribution in [2.45, 2.75) is 26.2 Å². The van der Waals surface area contributed by atoms with Gasteiger partial charge < -0.3 is 19.5 Å². The molecule has 0 unspecified atom stereocenters. The largest absolute Gasteiger partial charge is 0.493 e. The van der Waals surface area contributed by atoms with E-state index in [-0.39, 0.29) is 5.91 Å². The van der Waals surface area contributed by atoms with E-state index in [9.17, 15) is 4.79 Å². The van der Waals surface area contributed by atoms with Gasteiger partial charge in [0.2, 0.25) is 5.91 Å². The zero-order valence-electron chi connectivity index (χ0n) is 14.3. The second kappa shape index (κ2) is 11.5. The van der Waals surface area contributed by atoms with Crippen molar-refractivity contribution in [1.82, 2.24) is 5.32 Å². The van der Waals surface area contributed by atoms with E-state index in [4.69, 9.17) is 14.2 Å². The number of hydrogen-bond acceptors (Lipinski definition) is 4. The van der Waals surface area contributed by atoms with Crippen molar-refractivity contribution in [3.8, 4) is 11.5 Å². The maximum Gasteiger partial charge on any atom is 0.244 e. The van der Waals surface area contributed by atoms with E-state index in [1.54, 1.807) is 20.3 Å². The van der Waals surface area contributed by atoms with Gasteiger partial charge in [-0.15, -0.1) is 0 Å². The first-order valence-electron chi connectivity index (χ1n) is 7.97. The normalized spacial score (nSPS) is 10.7. The van der Waals surface area contributed by atoms with E-state index < -0.39 is 0 Å². The number of methoxy groups -OCH3 is 2. The lowest BCUT2D eigenvalue weighted by atomic mass is 10.2. The zero-order valence-corrected chi connectivity index (χ0v) is 14.3. The van der Waals surface area contributed by atoms with Gasteiger partial charge in [-0.25, -0.2) is 0 Å². The summed E-state index contributed by atoms with van der Waals surface area (Å²) in [7, 11) is 3.17. The molecule has 0 fully saturated rings. The predicted octanol–water partition coefficient (Wildman–Crippen LogP) is 3.04.